The highest BCUT2D eigenvalue weighted by atomic mass is 32.1. The summed E-state index contributed by atoms with van der Waals surface area (Å²) in [4.78, 5) is 15.3. The van der Waals surface area contributed by atoms with Crippen LogP contribution in [0.15, 0.2) is 46.9 Å². The van der Waals surface area contributed by atoms with Crippen LogP contribution >= 0.6 is 12.2 Å². The quantitative estimate of drug-likeness (QED) is 0.720. The second-order valence-electron chi connectivity index (χ2n) is 4.78. The average molecular weight is 327 g/mol. The van der Waals surface area contributed by atoms with Gasteiger partial charge in [-0.05, 0) is 36.5 Å². The lowest BCUT2D eigenvalue weighted by Crippen LogP contribution is -2.28. The Morgan fingerprint density at radius 3 is 2.87 bits per heavy atom. The van der Waals surface area contributed by atoms with E-state index in [2.05, 4.69) is 10.3 Å². The van der Waals surface area contributed by atoms with E-state index in [0.29, 0.717) is 11.1 Å². The van der Waals surface area contributed by atoms with Crippen LogP contribution < -0.4 is 5.32 Å². The van der Waals surface area contributed by atoms with Crippen LogP contribution in [-0.4, -0.2) is 10.9 Å². The number of nitrogens with one attached hydrogen (secondary N) is 2. The summed E-state index contributed by atoms with van der Waals surface area (Å²) in [7, 11) is 0. The van der Waals surface area contributed by atoms with Crippen molar-refractivity contribution in [2.24, 2.45) is 0 Å². The second kappa shape index (κ2) is 6.02. The second-order valence-corrected chi connectivity index (χ2v) is 5.15. The zero-order valence-electron chi connectivity index (χ0n) is 11.7. The summed E-state index contributed by atoms with van der Waals surface area (Å²) in [6, 6.07) is 11.3. The lowest BCUT2D eigenvalue weighted by atomic mass is 10.1. The van der Waals surface area contributed by atoms with E-state index >= 15 is 0 Å². The minimum atomic E-state index is -1.09. The van der Waals surface area contributed by atoms with Gasteiger partial charge in [-0.1, -0.05) is 18.2 Å². The normalized spacial score (nSPS) is 11.8. The highest BCUT2D eigenvalue weighted by molar-refractivity contribution is 7.71. The van der Waals surface area contributed by atoms with Gasteiger partial charge in [0.15, 0.2) is 5.58 Å². The molecule has 0 saturated heterocycles. The summed E-state index contributed by atoms with van der Waals surface area (Å²) >= 11 is 4.88. The van der Waals surface area contributed by atoms with E-state index in [0.717, 1.165) is 0 Å². The Morgan fingerprint density at radius 2 is 2.13 bits per heavy atom. The minimum absolute atomic E-state index is 0.114. The van der Waals surface area contributed by atoms with Gasteiger partial charge < -0.3 is 14.7 Å². The van der Waals surface area contributed by atoms with Crippen molar-refractivity contribution in [3.63, 3.8) is 0 Å². The van der Waals surface area contributed by atoms with Gasteiger partial charge in [0.05, 0.1) is 11.6 Å². The first kappa shape index (κ1) is 14.9. The molecule has 3 rings (SSSR count). The molecule has 114 valence electrons. The molecule has 7 heteroatoms. The van der Waals surface area contributed by atoms with E-state index in [1.54, 1.807) is 18.2 Å². The van der Waals surface area contributed by atoms with Gasteiger partial charge in [-0.3, -0.25) is 4.79 Å². The van der Waals surface area contributed by atoms with Crippen molar-refractivity contribution in [1.82, 2.24) is 10.3 Å². The van der Waals surface area contributed by atoms with Gasteiger partial charge >= 0.3 is 0 Å². The molecule has 1 amide bonds. The number of hydrogen-bond acceptors (Lipinski definition) is 4. The molecule has 0 bridgehead atoms. The van der Waals surface area contributed by atoms with Gasteiger partial charge in [0, 0.05) is 11.1 Å². The smallest absolute Gasteiger partial charge is 0.266 e. The van der Waals surface area contributed by atoms with Crippen LogP contribution in [0.3, 0.4) is 0 Å². The van der Waals surface area contributed by atoms with E-state index in [-0.39, 0.29) is 16.0 Å². The number of halogens is 1. The van der Waals surface area contributed by atoms with Gasteiger partial charge in [-0.15, -0.1) is 0 Å². The highest BCUT2D eigenvalue weighted by Gasteiger charge is 2.18. The fraction of sp³-hybridized carbons (Fsp3) is 0.0625. The number of hydrogen-bond donors (Lipinski definition) is 2. The fourth-order valence-electron chi connectivity index (χ4n) is 2.19. The van der Waals surface area contributed by atoms with Gasteiger partial charge in [0.1, 0.15) is 11.9 Å². The first-order chi connectivity index (χ1) is 11.1. The third-order valence-corrected chi connectivity index (χ3v) is 3.49. The highest BCUT2D eigenvalue weighted by Crippen LogP contribution is 2.19. The monoisotopic (exact) mass is 327 g/mol. The van der Waals surface area contributed by atoms with Gasteiger partial charge in [0.2, 0.25) is 0 Å². The lowest BCUT2D eigenvalue weighted by Gasteiger charge is -2.12. The van der Waals surface area contributed by atoms with Crippen LogP contribution in [0.25, 0.3) is 11.1 Å². The molecule has 0 saturated carbocycles. The first-order valence-electron chi connectivity index (χ1n) is 6.66. The summed E-state index contributed by atoms with van der Waals surface area (Å²) < 4.78 is 19.0. The van der Waals surface area contributed by atoms with Crippen molar-refractivity contribution in [2.75, 3.05) is 0 Å². The molecule has 3 aromatic rings. The van der Waals surface area contributed by atoms with Crippen LogP contribution in [0.1, 0.15) is 22.0 Å². The maximum Gasteiger partial charge on any atom is 0.266 e. The summed E-state index contributed by atoms with van der Waals surface area (Å²) in [5, 5.41) is 11.7. The maximum atomic E-state index is 13.8. The zero-order chi connectivity index (χ0) is 16.4. The predicted octanol–water partition coefficient (Wildman–Crippen LogP) is 3.62. The number of amides is 1. The number of nitrogens with zero attached hydrogens (tertiary/aromatic N) is 1. The molecule has 0 aliphatic carbocycles. The SMILES string of the molecule is N#CC(NC(=O)c1ccc2[nH]c(=S)oc2c1)c1ccccc1F. The number of rotatable bonds is 3. The van der Waals surface area contributed by atoms with Crippen LogP contribution in [0.2, 0.25) is 0 Å². The van der Waals surface area contributed by atoms with E-state index in [9.17, 15) is 14.4 Å². The summed E-state index contributed by atoms with van der Waals surface area (Å²) in [5.74, 6) is -1.06. The Kier molecular flexibility index (Phi) is 3.91. The van der Waals surface area contributed by atoms with Crippen molar-refractivity contribution in [3.8, 4) is 6.07 Å². The Hall–Kier alpha value is -2.98. The Morgan fingerprint density at radius 1 is 1.35 bits per heavy atom. The molecule has 1 atom stereocenters. The van der Waals surface area contributed by atoms with Gasteiger partial charge in [0.25, 0.3) is 10.7 Å². The van der Waals surface area contributed by atoms with Crippen molar-refractivity contribution >= 4 is 29.2 Å². The molecule has 0 spiro atoms. The summed E-state index contributed by atoms with van der Waals surface area (Å²) in [5.41, 5.74) is 1.50. The molecule has 1 heterocycles. The molecule has 0 aliphatic rings. The van der Waals surface area contributed by atoms with Crippen LogP contribution in [-0.2, 0) is 0 Å². The molecule has 2 aromatic carbocycles. The molecule has 1 unspecified atom stereocenters. The maximum absolute atomic E-state index is 13.8. The molecular formula is C16H10FN3O2S. The largest absolute Gasteiger partial charge is 0.429 e. The topological polar surface area (TPSA) is 81.8 Å². The number of aromatic amines is 1. The molecule has 0 fully saturated rings. The third-order valence-electron chi connectivity index (χ3n) is 3.30. The van der Waals surface area contributed by atoms with Gasteiger partial charge in [-0.25, -0.2) is 4.39 Å². The third kappa shape index (κ3) is 2.98. The fourth-order valence-corrected chi connectivity index (χ4v) is 2.39. The van der Waals surface area contributed by atoms with E-state index < -0.39 is 17.8 Å². The predicted molar refractivity (Wildman–Crippen MR) is 83.6 cm³/mol. The van der Waals surface area contributed by atoms with Gasteiger partial charge in [-0.2, -0.15) is 5.26 Å². The number of benzene rings is 2. The molecule has 23 heavy (non-hydrogen) atoms. The minimum Gasteiger partial charge on any atom is -0.429 e. The number of fused-ring (bicyclic) bond motifs is 1. The Labute approximate surface area is 135 Å². The molecule has 0 radical (unpaired) electrons. The van der Waals surface area contributed by atoms with Crippen LogP contribution in [0.5, 0.6) is 0 Å². The summed E-state index contributed by atoms with van der Waals surface area (Å²) in [6.07, 6.45) is 0. The Bertz CT molecular complexity index is 987. The number of carbonyl (C=O) groups excluding carboxylic acids is 1. The molecule has 0 aliphatic heterocycles. The first-order valence-corrected chi connectivity index (χ1v) is 7.07. The van der Waals surface area contributed by atoms with Crippen molar-refractivity contribution in [3.05, 3.63) is 64.2 Å². The van der Waals surface area contributed by atoms with E-state index in [4.69, 9.17) is 16.6 Å². The van der Waals surface area contributed by atoms with Crippen molar-refractivity contribution in [2.45, 2.75) is 6.04 Å². The Balaban J connectivity index is 1.88. The molecular weight excluding hydrogens is 317 g/mol. The number of H-pyrrole nitrogens is 1. The van der Waals surface area contributed by atoms with E-state index in [1.165, 1.54) is 24.3 Å². The van der Waals surface area contributed by atoms with Crippen molar-refractivity contribution in [1.29, 1.82) is 5.26 Å². The number of oxazole rings is 1. The van der Waals surface area contributed by atoms with E-state index in [1.807, 2.05) is 6.07 Å². The standard InChI is InChI=1S/C16H10FN3O2S/c17-11-4-2-1-3-10(11)13(8-18)19-15(21)9-5-6-12-14(7-9)22-16(23)20-12/h1-7,13H,(H,19,21)(H,20,23). The average Bonchev–Trinajstić information content (AvgIpc) is 2.92. The lowest BCUT2D eigenvalue weighted by molar-refractivity contribution is 0.0944. The van der Waals surface area contributed by atoms with Crippen LogP contribution in [0.4, 0.5) is 4.39 Å². The number of nitriles is 1. The van der Waals surface area contributed by atoms with Crippen molar-refractivity contribution < 1.29 is 13.6 Å². The molecule has 2 N–H and O–H groups in total. The number of carbonyl (C=O) groups is 1. The molecule has 1 aromatic heterocycles. The van der Waals surface area contributed by atoms with Crippen LogP contribution in [0, 0.1) is 22.0 Å². The molecule has 5 nitrogen and oxygen atoms in total. The summed E-state index contributed by atoms with van der Waals surface area (Å²) in [6.45, 7) is 0. The zero-order valence-corrected chi connectivity index (χ0v) is 12.5. The number of aromatic nitrogens is 1.